The van der Waals surface area contributed by atoms with E-state index in [-0.39, 0.29) is 18.6 Å². The van der Waals surface area contributed by atoms with Crippen LogP contribution in [0.1, 0.15) is 42.4 Å². The van der Waals surface area contributed by atoms with E-state index in [9.17, 15) is 9.59 Å². The third-order valence-electron chi connectivity index (χ3n) is 4.63. The molecule has 2 aromatic heterocycles. The van der Waals surface area contributed by atoms with Crippen molar-refractivity contribution in [3.8, 4) is 0 Å². The van der Waals surface area contributed by atoms with E-state index in [1.54, 1.807) is 11.3 Å². The molecule has 1 N–H and O–H groups in total. The van der Waals surface area contributed by atoms with Crippen LogP contribution in [0.5, 0.6) is 0 Å². The second-order valence-corrected chi connectivity index (χ2v) is 8.49. The zero-order valence-electron chi connectivity index (χ0n) is 14.8. The molecule has 1 aliphatic carbocycles. The van der Waals surface area contributed by atoms with Gasteiger partial charge in [0, 0.05) is 15.8 Å². The van der Waals surface area contributed by atoms with Crippen molar-refractivity contribution < 1.29 is 14.3 Å². The zero-order valence-corrected chi connectivity index (χ0v) is 16.4. The highest BCUT2D eigenvalue weighted by Crippen LogP contribution is 2.26. The summed E-state index contributed by atoms with van der Waals surface area (Å²) in [5.41, 5.74) is 0.487. The van der Waals surface area contributed by atoms with Gasteiger partial charge in [-0.3, -0.25) is 4.79 Å². The zero-order chi connectivity index (χ0) is 18.4. The van der Waals surface area contributed by atoms with Crippen molar-refractivity contribution >= 4 is 46.2 Å². The Bertz CT molecular complexity index is 750. The van der Waals surface area contributed by atoms with E-state index in [1.165, 1.54) is 17.8 Å². The summed E-state index contributed by atoms with van der Waals surface area (Å²) in [6.07, 6.45) is 6.32. The number of hydrogen-bond donors (Lipinski definition) is 1. The fraction of sp³-hybridized carbons (Fsp3) is 0.400. The van der Waals surface area contributed by atoms with Gasteiger partial charge in [-0.2, -0.15) is 0 Å². The van der Waals surface area contributed by atoms with E-state index in [0.29, 0.717) is 11.5 Å². The maximum atomic E-state index is 12.6. The number of nitrogens with one attached hydrogen (secondary N) is 1. The Morgan fingerprint density at radius 2 is 1.96 bits per heavy atom. The lowest BCUT2D eigenvalue weighted by molar-refractivity contribution is -0.143. The summed E-state index contributed by atoms with van der Waals surface area (Å²) in [4.78, 5) is 26.6. The predicted molar refractivity (Wildman–Crippen MR) is 107 cm³/mol. The Morgan fingerprint density at radius 3 is 2.65 bits per heavy atom. The fourth-order valence-corrected chi connectivity index (χ4v) is 4.55. The van der Waals surface area contributed by atoms with Crippen LogP contribution in [0.3, 0.4) is 0 Å². The highest BCUT2D eigenvalue weighted by molar-refractivity contribution is 7.12. The summed E-state index contributed by atoms with van der Waals surface area (Å²) in [5.74, 6) is -0.213. The number of rotatable bonds is 6. The Labute approximate surface area is 161 Å². The van der Waals surface area contributed by atoms with Gasteiger partial charge in [-0.1, -0.05) is 31.9 Å². The molecule has 2 aromatic rings. The molecule has 26 heavy (non-hydrogen) atoms. The van der Waals surface area contributed by atoms with Gasteiger partial charge >= 0.3 is 5.97 Å². The molecular formula is C20H23NO3S2. The molecule has 1 amide bonds. The average molecular weight is 390 g/mol. The second-order valence-electron chi connectivity index (χ2n) is 6.56. The van der Waals surface area contributed by atoms with Crippen LogP contribution in [0.2, 0.25) is 0 Å². The maximum Gasteiger partial charge on any atom is 0.340 e. The normalized spacial score (nSPS) is 20.6. The van der Waals surface area contributed by atoms with Crippen LogP contribution in [0, 0.1) is 5.92 Å². The van der Waals surface area contributed by atoms with Gasteiger partial charge in [0.1, 0.15) is 0 Å². The smallest absolute Gasteiger partial charge is 0.340 e. The highest BCUT2D eigenvalue weighted by Gasteiger charge is 2.23. The molecule has 0 saturated heterocycles. The van der Waals surface area contributed by atoms with Crippen LogP contribution in [0.25, 0.3) is 11.6 Å². The first-order valence-corrected chi connectivity index (χ1v) is 10.6. The van der Waals surface area contributed by atoms with Gasteiger partial charge in [0.2, 0.25) is 0 Å². The predicted octanol–water partition coefficient (Wildman–Crippen LogP) is 4.59. The summed E-state index contributed by atoms with van der Waals surface area (Å²) in [7, 11) is 0. The van der Waals surface area contributed by atoms with Crippen molar-refractivity contribution in [1.29, 1.82) is 0 Å². The summed E-state index contributed by atoms with van der Waals surface area (Å²) >= 11 is 3.03. The molecule has 0 aliphatic heterocycles. The molecule has 0 spiro atoms. The molecule has 0 bridgehead atoms. The van der Waals surface area contributed by atoms with E-state index in [1.807, 2.05) is 41.1 Å². The number of carbonyl (C=O) groups excluding carboxylic acids is 2. The number of esters is 1. The van der Waals surface area contributed by atoms with Crippen LogP contribution in [-0.2, 0) is 14.3 Å². The molecule has 1 saturated carbocycles. The summed E-state index contributed by atoms with van der Waals surface area (Å²) in [6.45, 7) is 1.92. The van der Waals surface area contributed by atoms with E-state index in [0.717, 1.165) is 29.0 Å². The first-order chi connectivity index (χ1) is 12.6. The molecule has 3 rings (SSSR count). The summed E-state index contributed by atoms with van der Waals surface area (Å²) < 4.78 is 5.31. The Hall–Kier alpha value is -1.92. The third kappa shape index (κ3) is 5.05. The Morgan fingerprint density at radius 1 is 1.19 bits per heavy atom. The van der Waals surface area contributed by atoms with Crippen LogP contribution in [0.15, 0.2) is 35.0 Å². The molecule has 0 radical (unpaired) electrons. The molecular weight excluding hydrogens is 366 g/mol. The molecule has 2 atom stereocenters. The van der Waals surface area contributed by atoms with Crippen molar-refractivity contribution in [2.45, 2.75) is 38.6 Å². The quantitative estimate of drug-likeness (QED) is 0.581. The van der Waals surface area contributed by atoms with E-state index in [4.69, 9.17) is 4.74 Å². The Kier molecular flexibility index (Phi) is 6.63. The van der Waals surface area contributed by atoms with Gasteiger partial charge in [-0.15, -0.1) is 22.7 Å². The van der Waals surface area contributed by atoms with E-state index >= 15 is 0 Å². The maximum absolute atomic E-state index is 12.6. The minimum atomic E-state index is -0.465. The van der Waals surface area contributed by atoms with Crippen LogP contribution >= 0.6 is 22.7 Å². The standard InChI is InChI=1S/C20H23NO3S2/c1-14-6-2-3-8-17(14)21-19(22)13-24-20(23)16(18-9-5-11-26-18)12-15-7-4-10-25-15/h4-5,7,9-12,14,17H,2-3,6,8,13H2,1H3,(H,21,22)/b16-12+/t14-,17-/m1/s1. The van der Waals surface area contributed by atoms with Crippen molar-refractivity contribution in [1.82, 2.24) is 5.32 Å². The van der Waals surface area contributed by atoms with Gasteiger partial charge in [-0.25, -0.2) is 4.79 Å². The molecule has 4 nitrogen and oxygen atoms in total. The third-order valence-corrected chi connectivity index (χ3v) is 6.35. The number of hydrogen-bond acceptors (Lipinski definition) is 5. The average Bonchev–Trinajstić information content (AvgIpc) is 3.33. The van der Waals surface area contributed by atoms with Gasteiger partial charge in [0.25, 0.3) is 5.91 Å². The summed E-state index contributed by atoms with van der Waals surface area (Å²) in [6, 6.07) is 7.85. The van der Waals surface area contributed by atoms with Crippen LogP contribution in [-0.4, -0.2) is 24.5 Å². The topological polar surface area (TPSA) is 55.4 Å². The fourth-order valence-electron chi connectivity index (χ4n) is 3.17. The molecule has 0 aromatic carbocycles. The molecule has 6 heteroatoms. The van der Waals surface area contributed by atoms with Gasteiger partial charge < -0.3 is 10.1 Å². The van der Waals surface area contributed by atoms with Crippen LogP contribution < -0.4 is 5.32 Å². The van der Waals surface area contributed by atoms with E-state index < -0.39 is 5.97 Å². The molecule has 2 heterocycles. The van der Waals surface area contributed by atoms with Crippen LogP contribution in [0.4, 0.5) is 0 Å². The van der Waals surface area contributed by atoms with Gasteiger partial charge in [-0.05, 0) is 47.7 Å². The Balaban J connectivity index is 1.60. The molecule has 138 valence electrons. The van der Waals surface area contributed by atoms with Crippen molar-refractivity contribution in [3.05, 3.63) is 44.8 Å². The summed E-state index contributed by atoms with van der Waals surface area (Å²) in [5, 5.41) is 6.89. The van der Waals surface area contributed by atoms with Crippen molar-refractivity contribution in [2.24, 2.45) is 5.92 Å². The minimum Gasteiger partial charge on any atom is -0.452 e. The molecule has 1 aliphatic rings. The number of ether oxygens (including phenoxy) is 1. The lowest BCUT2D eigenvalue weighted by Crippen LogP contribution is -2.42. The van der Waals surface area contributed by atoms with Gasteiger partial charge in [0.15, 0.2) is 6.61 Å². The first-order valence-electron chi connectivity index (χ1n) is 8.89. The van der Waals surface area contributed by atoms with E-state index in [2.05, 4.69) is 12.2 Å². The van der Waals surface area contributed by atoms with Gasteiger partial charge in [0.05, 0.1) is 5.57 Å². The van der Waals surface area contributed by atoms with Crippen molar-refractivity contribution in [3.63, 3.8) is 0 Å². The minimum absolute atomic E-state index is 0.188. The first kappa shape index (κ1) is 18.9. The lowest BCUT2D eigenvalue weighted by Gasteiger charge is -2.29. The second kappa shape index (κ2) is 9.14. The monoisotopic (exact) mass is 389 g/mol. The van der Waals surface area contributed by atoms with Crippen molar-refractivity contribution in [2.75, 3.05) is 6.61 Å². The highest BCUT2D eigenvalue weighted by atomic mass is 32.1. The lowest BCUT2D eigenvalue weighted by atomic mass is 9.86. The SMILES string of the molecule is C[C@@H]1CCCC[C@H]1NC(=O)COC(=O)/C(=C/c1cccs1)c1cccs1. The number of amides is 1. The number of thiophene rings is 2. The molecule has 0 unspecified atom stereocenters. The largest absolute Gasteiger partial charge is 0.452 e. The molecule has 1 fully saturated rings. The number of carbonyl (C=O) groups is 2.